The largest absolute Gasteiger partial charge is 0.380 e. The first-order chi connectivity index (χ1) is 9.16. The van der Waals surface area contributed by atoms with Crippen molar-refractivity contribution >= 4 is 17.2 Å². The molecule has 0 aliphatic carbocycles. The van der Waals surface area contributed by atoms with Crippen molar-refractivity contribution in [1.82, 2.24) is 10.1 Å². The Hall–Kier alpha value is -2.14. The number of nitrogens with zero attached hydrogens (tertiary/aromatic N) is 2. The summed E-state index contributed by atoms with van der Waals surface area (Å²) in [6.07, 6.45) is 1.76. The first-order valence-corrected chi connectivity index (χ1v) is 6.76. The average molecular weight is 271 g/mol. The van der Waals surface area contributed by atoms with Crippen LogP contribution in [0, 0.1) is 13.8 Å². The summed E-state index contributed by atoms with van der Waals surface area (Å²) in [5, 5.41) is 3.88. The van der Waals surface area contributed by atoms with Gasteiger partial charge in [0.25, 0.3) is 0 Å². The van der Waals surface area contributed by atoms with Crippen LogP contribution in [0.4, 0.5) is 5.82 Å². The number of thiazole rings is 1. The number of hydrogen-bond donors (Lipinski definition) is 1. The minimum absolute atomic E-state index is 0.409. The van der Waals surface area contributed by atoms with Gasteiger partial charge >= 0.3 is 0 Å². The minimum atomic E-state index is 0.409. The summed E-state index contributed by atoms with van der Waals surface area (Å²) >= 11 is 1.51. The topological polar surface area (TPSA) is 64.9 Å². The molecule has 3 rings (SSSR count). The predicted molar refractivity (Wildman–Crippen MR) is 76.9 cm³/mol. The van der Waals surface area contributed by atoms with E-state index in [9.17, 15) is 0 Å². The lowest BCUT2D eigenvalue weighted by Gasteiger charge is -2.05. The molecule has 0 aliphatic rings. The van der Waals surface area contributed by atoms with Crippen LogP contribution in [0.15, 0.2) is 34.4 Å². The number of anilines is 1. The first-order valence-electron chi connectivity index (χ1n) is 5.88. The Balaban J connectivity index is 2.19. The lowest BCUT2D eigenvalue weighted by Crippen LogP contribution is -1.90. The van der Waals surface area contributed by atoms with Crippen LogP contribution in [0.25, 0.3) is 21.8 Å². The van der Waals surface area contributed by atoms with E-state index in [0.29, 0.717) is 11.6 Å². The zero-order valence-electron chi connectivity index (χ0n) is 10.7. The molecule has 0 fully saturated rings. The maximum absolute atomic E-state index is 5.95. The van der Waals surface area contributed by atoms with Crippen molar-refractivity contribution in [2.45, 2.75) is 13.8 Å². The van der Waals surface area contributed by atoms with Crippen LogP contribution < -0.4 is 5.73 Å². The third-order valence-electron chi connectivity index (χ3n) is 3.17. The molecule has 5 heteroatoms. The number of benzene rings is 1. The van der Waals surface area contributed by atoms with Crippen molar-refractivity contribution in [2.75, 3.05) is 5.73 Å². The second-order valence-electron chi connectivity index (χ2n) is 4.44. The Kier molecular flexibility index (Phi) is 2.83. The van der Waals surface area contributed by atoms with Gasteiger partial charge < -0.3 is 10.3 Å². The number of nitrogens with two attached hydrogens (primary N) is 1. The monoisotopic (exact) mass is 271 g/mol. The summed E-state index contributed by atoms with van der Waals surface area (Å²) in [4.78, 5) is 4.99. The zero-order chi connectivity index (χ0) is 13.4. The van der Waals surface area contributed by atoms with Gasteiger partial charge in [0.05, 0.1) is 16.0 Å². The Morgan fingerprint density at radius 2 is 2.05 bits per heavy atom. The van der Waals surface area contributed by atoms with Crippen LogP contribution in [-0.2, 0) is 0 Å². The molecular weight excluding hydrogens is 258 g/mol. The number of nitrogen functional groups attached to an aromatic ring is 1. The van der Waals surface area contributed by atoms with Crippen LogP contribution in [0.5, 0.6) is 0 Å². The highest BCUT2D eigenvalue weighted by Crippen LogP contribution is 2.38. The molecule has 0 saturated heterocycles. The lowest BCUT2D eigenvalue weighted by atomic mass is 10.00. The molecule has 0 spiro atoms. The fraction of sp³-hybridized carbons (Fsp3) is 0.143. The Morgan fingerprint density at radius 3 is 2.74 bits per heavy atom. The summed E-state index contributed by atoms with van der Waals surface area (Å²) in [7, 11) is 0. The molecular formula is C14H13N3OS. The lowest BCUT2D eigenvalue weighted by molar-refractivity contribution is 0.437. The highest BCUT2D eigenvalue weighted by molar-refractivity contribution is 7.13. The number of hydrogen-bond acceptors (Lipinski definition) is 5. The average Bonchev–Trinajstić information content (AvgIpc) is 3.01. The molecule has 3 aromatic rings. The van der Waals surface area contributed by atoms with E-state index >= 15 is 0 Å². The molecule has 0 unspecified atom stereocenters. The maximum atomic E-state index is 5.95. The molecule has 2 heterocycles. The summed E-state index contributed by atoms with van der Waals surface area (Å²) in [6.45, 7) is 4.16. The van der Waals surface area contributed by atoms with Crippen LogP contribution in [0.1, 0.15) is 11.1 Å². The molecule has 0 radical (unpaired) electrons. The van der Waals surface area contributed by atoms with Gasteiger partial charge in [-0.1, -0.05) is 23.4 Å². The second-order valence-corrected chi connectivity index (χ2v) is 5.32. The van der Waals surface area contributed by atoms with Gasteiger partial charge in [-0.25, -0.2) is 0 Å². The summed E-state index contributed by atoms with van der Waals surface area (Å²) < 4.78 is 5.36. The van der Waals surface area contributed by atoms with Crippen LogP contribution in [0.3, 0.4) is 0 Å². The smallest absolute Gasteiger partial charge is 0.188 e. The van der Waals surface area contributed by atoms with E-state index in [2.05, 4.69) is 36.1 Å². The Morgan fingerprint density at radius 1 is 1.21 bits per heavy atom. The molecule has 4 nitrogen and oxygen atoms in total. The first kappa shape index (κ1) is 11.9. The molecule has 0 amide bonds. The maximum Gasteiger partial charge on any atom is 0.188 e. The zero-order valence-corrected chi connectivity index (χ0v) is 11.5. The van der Waals surface area contributed by atoms with E-state index in [1.54, 1.807) is 11.7 Å². The van der Waals surface area contributed by atoms with Crippen molar-refractivity contribution in [3.8, 4) is 21.8 Å². The SMILES string of the molecule is Cc1ccc(-c2c(N)noc2-c2cncs2)cc1C. The summed E-state index contributed by atoms with van der Waals surface area (Å²) in [6, 6.07) is 6.21. The minimum Gasteiger partial charge on any atom is -0.380 e. The van der Waals surface area contributed by atoms with Gasteiger partial charge in [-0.15, -0.1) is 11.3 Å². The molecule has 2 N–H and O–H groups in total. The van der Waals surface area contributed by atoms with Gasteiger partial charge in [0.1, 0.15) is 0 Å². The predicted octanol–water partition coefficient (Wildman–Crippen LogP) is 3.66. The molecule has 0 saturated carbocycles. The Bertz CT molecular complexity index is 716. The fourth-order valence-electron chi connectivity index (χ4n) is 1.97. The highest BCUT2D eigenvalue weighted by Gasteiger charge is 2.18. The number of rotatable bonds is 2. The number of aryl methyl sites for hydroxylation is 2. The summed E-state index contributed by atoms with van der Waals surface area (Å²) in [5.74, 6) is 1.09. The fourth-order valence-corrected chi connectivity index (χ4v) is 2.58. The third kappa shape index (κ3) is 2.02. The molecule has 2 aromatic heterocycles. The molecule has 0 bridgehead atoms. The van der Waals surface area contributed by atoms with Crippen LogP contribution >= 0.6 is 11.3 Å². The van der Waals surface area contributed by atoms with Gasteiger partial charge in [0.2, 0.25) is 0 Å². The van der Waals surface area contributed by atoms with E-state index in [1.165, 1.54) is 22.5 Å². The third-order valence-corrected chi connectivity index (χ3v) is 3.94. The van der Waals surface area contributed by atoms with Crippen molar-refractivity contribution in [1.29, 1.82) is 0 Å². The van der Waals surface area contributed by atoms with Crippen molar-refractivity contribution in [3.63, 3.8) is 0 Å². The van der Waals surface area contributed by atoms with Gasteiger partial charge in [-0.2, -0.15) is 0 Å². The van der Waals surface area contributed by atoms with Crippen LogP contribution in [0.2, 0.25) is 0 Å². The Labute approximate surface area is 114 Å². The molecule has 1 aromatic carbocycles. The van der Waals surface area contributed by atoms with Crippen LogP contribution in [-0.4, -0.2) is 10.1 Å². The highest BCUT2D eigenvalue weighted by atomic mass is 32.1. The van der Waals surface area contributed by atoms with Gasteiger partial charge in [0, 0.05) is 6.20 Å². The molecule has 19 heavy (non-hydrogen) atoms. The second kappa shape index (κ2) is 4.51. The number of aromatic nitrogens is 2. The molecule has 0 atom stereocenters. The van der Waals surface area contributed by atoms with E-state index < -0.39 is 0 Å². The van der Waals surface area contributed by atoms with Gasteiger partial charge in [0.15, 0.2) is 11.6 Å². The van der Waals surface area contributed by atoms with E-state index in [4.69, 9.17) is 10.3 Å². The van der Waals surface area contributed by atoms with E-state index in [1.807, 2.05) is 6.07 Å². The van der Waals surface area contributed by atoms with E-state index in [-0.39, 0.29) is 0 Å². The standard InChI is InChI=1S/C14H13N3OS/c1-8-3-4-10(5-9(8)2)12-13(18-17-14(12)15)11-6-16-7-19-11/h3-7H,1-2H3,(H2,15,17). The normalized spacial score (nSPS) is 10.8. The molecule has 96 valence electrons. The molecule has 0 aliphatic heterocycles. The quantitative estimate of drug-likeness (QED) is 0.772. The van der Waals surface area contributed by atoms with Crippen molar-refractivity contribution in [2.24, 2.45) is 0 Å². The van der Waals surface area contributed by atoms with Crippen molar-refractivity contribution in [3.05, 3.63) is 41.0 Å². The van der Waals surface area contributed by atoms with Gasteiger partial charge in [-0.3, -0.25) is 4.98 Å². The summed E-state index contributed by atoms with van der Waals surface area (Å²) in [5.41, 5.74) is 12.0. The van der Waals surface area contributed by atoms with Gasteiger partial charge in [-0.05, 0) is 30.5 Å². The van der Waals surface area contributed by atoms with Crippen molar-refractivity contribution < 1.29 is 4.52 Å². The van der Waals surface area contributed by atoms with E-state index in [0.717, 1.165) is 16.0 Å².